The van der Waals surface area contributed by atoms with Crippen molar-refractivity contribution in [3.05, 3.63) is 35.9 Å². The van der Waals surface area contributed by atoms with Crippen LogP contribution in [-0.2, 0) is 4.79 Å². The Morgan fingerprint density at radius 3 is 2.30 bits per heavy atom. The van der Waals surface area contributed by atoms with Crippen LogP contribution in [-0.4, -0.2) is 59.0 Å². The Kier molecular flexibility index (Phi) is 6.16. The van der Waals surface area contributed by atoms with Gasteiger partial charge < -0.3 is 14.9 Å². The Balaban J connectivity index is 1.92. The van der Waals surface area contributed by atoms with E-state index < -0.39 is 6.10 Å². The van der Waals surface area contributed by atoms with Crippen LogP contribution in [0.1, 0.15) is 37.0 Å². The lowest BCUT2D eigenvalue weighted by molar-refractivity contribution is -0.133. The van der Waals surface area contributed by atoms with Crippen LogP contribution < -0.4 is 0 Å². The first-order valence-corrected chi connectivity index (χ1v) is 8.29. The second-order valence-corrected chi connectivity index (χ2v) is 6.41. The maximum atomic E-state index is 12.5. The molecule has 1 heterocycles. The lowest BCUT2D eigenvalue weighted by Gasteiger charge is -2.24. The van der Waals surface area contributed by atoms with E-state index in [-0.39, 0.29) is 24.2 Å². The first-order chi connectivity index (χ1) is 11.0. The van der Waals surface area contributed by atoms with E-state index in [9.17, 15) is 14.7 Å². The van der Waals surface area contributed by atoms with Gasteiger partial charge in [-0.25, -0.2) is 0 Å². The fraction of sp³-hybridized carbons (Fsp3) is 0.556. The van der Waals surface area contributed by atoms with Crippen LogP contribution in [0.2, 0.25) is 0 Å². The van der Waals surface area contributed by atoms with Crippen molar-refractivity contribution in [2.75, 3.05) is 26.2 Å². The van der Waals surface area contributed by atoms with Gasteiger partial charge in [0, 0.05) is 31.7 Å². The summed E-state index contributed by atoms with van der Waals surface area (Å²) in [7, 11) is 0. The van der Waals surface area contributed by atoms with E-state index in [0.29, 0.717) is 31.7 Å². The van der Waals surface area contributed by atoms with Gasteiger partial charge in [-0.15, -0.1) is 0 Å². The highest BCUT2D eigenvalue weighted by Gasteiger charge is 2.24. The summed E-state index contributed by atoms with van der Waals surface area (Å²) >= 11 is 0. The van der Waals surface area contributed by atoms with Gasteiger partial charge in [-0.05, 0) is 24.5 Å². The highest BCUT2D eigenvalue weighted by molar-refractivity contribution is 5.94. The molecular formula is C18H26N2O3. The van der Waals surface area contributed by atoms with Crippen molar-refractivity contribution >= 4 is 11.8 Å². The molecule has 1 aliphatic heterocycles. The van der Waals surface area contributed by atoms with Crippen molar-refractivity contribution in [3.8, 4) is 0 Å². The van der Waals surface area contributed by atoms with Gasteiger partial charge >= 0.3 is 0 Å². The number of aliphatic hydroxyl groups is 1. The smallest absolute Gasteiger partial charge is 0.253 e. The SMILES string of the molecule is CC(C)C(O)CC(=O)N1CCCN(C(=O)c2ccccc2)CC1. The molecule has 1 N–H and O–H groups in total. The molecule has 0 radical (unpaired) electrons. The summed E-state index contributed by atoms with van der Waals surface area (Å²) in [4.78, 5) is 28.3. The van der Waals surface area contributed by atoms with Gasteiger partial charge in [0.1, 0.15) is 0 Å². The third kappa shape index (κ3) is 4.79. The number of hydrogen-bond donors (Lipinski definition) is 1. The molecule has 0 bridgehead atoms. The van der Waals surface area contributed by atoms with E-state index >= 15 is 0 Å². The average Bonchev–Trinajstić information content (AvgIpc) is 2.81. The zero-order chi connectivity index (χ0) is 16.8. The van der Waals surface area contributed by atoms with Crippen molar-refractivity contribution in [3.63, 3.8) is 0 Å². The summed E-state index contributed by atoms with van der Waals surface area (Å²) < 4.78 is 0. The summed E-state index contributed by atoms with van der Waals surface area (Å²) in [5.74, 6) is 0.0596. The predicted molar refractivity (Wildman–Crippen MR) is 89.0 cm³/mol. The van der Waals surface area contributed by atoms with Crippen LogP contribution in [0.25, 0.3) is 0 Å². The number of carbonyl (C=O) groups excluding carboxylic acids is 2. The molecule has 2 amide bonds. The van der Waals surface area contributed by atoms with Crippen LogP contribution in [0.4, 0.5) is 0 Å². The molecule has 5 heteroatoms. The summed E-state index contributed by atoms with van der Waals surface area (Å²) in [5.41, 5.74) is 0.683. The van der Waals surface area contributed by atoms with Gasteiger partial charge in [0.2, 0.25) is 5.91 Å². The predicted octanol–water partition coefficient (Wildman–Crippen LogP) is 1.77. The number of aliphatic hydroxyl groups excluding tert-OH is 1. The maximum absolute atomic E-state index is 12.5. The molecule has 1 unspecified atom stereocenters. The molecule has 23 heavy (non-hydrogen) atoms. The summed E-state index contributed by atoms with van der Waals surface area (Å²) in [5, 5.41) is 9.87. The highest BCUT2D eigenvalue weighted by Crippen LogP contribution is 2.12. The normalized spacial score (nSPS) is 17.0. The summed E-state index contributed by atoms with van der Waals surface area (Å²) in [6.07, 6.45) is 0.319. The molecule has 1 fully saturated rings. The largest absolute Gasteiger partial charge is 0.392 e. The van der Waals surface area contributed by atoms with Gasteiger partial charge in [0.05, 0.1) is 12.5 Å². The third-order valence-corrected chi connectivity index (χ3v) is 4.31. The highest BCUT2D eigenvalue weighted by atomic mass is 16.3. The van der Waals surface area contributed by atoms with Gasteiger partial charge in [0.15, 0.2) is 0 Å². The minimum atomic E-state index is -0.604. The molecule has 126 valence electrons. The lowest BCUT2D eigenvalue weighted by atomic mass is 10.0. The number of benzene rings is 1. The van der Waals surface area contributed by atoms with E-state index in [1.165, 1.54) is 0 Å². The summed E-state index contributed by atoms with van der Waals surface area (Å²) in [6, 6.07) is 9.23. The number of amides is 2. The summed E-state index contributed by atoms with van der Waals surface area (Å²) in [6.45, 7) is 6.17. The molecule has 0 aromatic heterocycles. The Labute approximate surface area is 137 Å². The first-order valence-electron chi connectivity index (χ1n) is 8.29. The Bertz CT molecular complexity index is 530. The molecule has 0 spiro atoms. The Morgan fingerprint density at radius 2 is 1.65 bits per heavy atom. The van der Waals surface area contributed by atoms with Crippen LogP contribution >= 0.6 is 0 Å². The second kappa shape index (κ2) is 8.11. The van der Waals surface area contributed by atoms with Crippen molar-refractivity contribution in [1.29, 1.82) is 0 Å². The second-order valence-electron chi connectivity index (χ2n) is 6.41. The third-order valence-electron chi connectivity index (χ3n) is 4.31. The molecular weight excluding hydrogens is 292 g/mol. The molecule has 2 rings (SSSR count). The molecule has 0 saturated carbocycles. The maximum Gasteiger partial charge on any atom is 0.253 e. The fourth-order valence-electron chi connectivity index (χ4n) is 2.68. The average molecular weight is 318 g/mol. The van der Waals surface area contributed by atoms with Gasteiger partial charge in [0.25, 0.3) is 5.91 Å². The monoisotopic (exact) mass is 318 g/mol. The van der Waals surface area contributed by atoms with Crippen LogP contribution in [0.15, 0.2) is 30.3 Å². The Hall–Kier alpha value is -1.88. The minimum absolute atomic E-state index is 0.0158. The van der Waals surface area contributed by atoms with Crippen LogP contribution in [0.5, 0.6) is 0 Å². The molecule has 0 aliphatic carbocycles. The molecule has 5 nitrogen and oxygen atoms in total. The number of nitrogens with zero attached hydrogens (tertiary/aromatic N) is 2. The first kappa shape index (κ1) is 17.5. The molecule has 1 atom stereocenters. The van der Waals surface area contributed by atoms with Gasteiger partial charge in [-0.2, -0.15) is 0 Å². The minimum Gasteiger partial charge on any atom is -0.392 e. The van der Waals surface area contributed by atoms with Gasteiger partial charge in [-0.3, -0.25) is 9.59 Å². The van der Waals surface area contributed by atoms with E-state index in [4.69, 9.17) is 0 Å². The standard InChI is InChI=1S/C18H26N2O3/c1-14(2)16(21)13-17(22)19-9-6-10-20(12-11-19)18(23)15-7-4-3-5-8-15/h3-5,7-8,14,16,21H,6,9-13H2,1-2H3. The quantitative estimate of drug-likeness (QED) is 0.920. The number of carbonyl (C=O) groups is 2. The van der Waals surface area contributed by atoms with E-state index in [1.807, 2.05) is 49.1 Å². The fourth-order valence-corrected chi connectivity index (χ4v) is 2.68. The lowest BCUT2D eigenvalue weighted by Crippen LogP contribution is -2.38. The Morgan fingerprint density at radius 1 is 1.04 bits per heavy atom. The zero-order valence-electron chi connectivity index (χ0n) is 13.9. The van der Waals surface area contributed by atoms with E-state index in [1.54, 1.807) is 4.90 Å². The molecule has 1 aromatic rings. The number of rotatable bonds is 4. The van der Waals surface area contributed by atoms with Crippen molar-refractivity contribution in [1.82, 2.24) is 9.80 Å². The van der Waals surface area contributed by atoms with Crippen molar-refractivity contribution in [2.24, 2.45) is 5.92 Å². The van der Waals surface area contributed by atoms with Crippen LogP contribution in [0, 0.1) is 5.92 Å². The number of hydrogen-bond acceptors (Lipinski definition) is 3. The van der Waals surface area contributed by atoms with Gasteiger partial charge in [-0.1, -0.05) is 32.0 Å². The molecule has 1 aromatic carbocycles. The molecule has 1 saturated heterocycles. The zero-order valence-corrected chi connectivity index (χ0v) is 13.9. The topological polar surface area (TPSA) is 60.9 Å². The van der Waals surface area contributed by atoms with Crippen molar-refractivity contribution < 1.29 is 14.7 Å². The van der Waals surface area contributed by atoms with E-state index in [2.05, 4.69) is 0 Å². The molecule has 1 aliphatic rings. The van der Waals surface area contributed by atoms with Crippen LogP contribution in [0.3, 0.4) is 0 Å². The van der Waals surface area contributed by atoms with Crippen molar-refractivity contribution in [2.45, 2.75) is 32.8 Å². The van der Waals surface area contributed by atoms with E-state index in [0.717, 1.165) is 6.42 Å².